The van der Waals surface area contributed by atoms with Crippen LogP contribution in [0, 0.1) is 10.1 Å². The lowest BCUT2D eigenvalue weighted by atomic mass is 10.2. The van der Waals surface area contributed by atoms with E-state index in [9.17, 15) is 14.9 Å². The zero-order valence-corrected chi connectivity index (χ0v) is 11.8. The Hall–Kier alpha value is -3.30. The molecule has 0 unspecified atom stereocenters. The second-order valence-electron chi connectivity index (χ2n) is 4.01. The van der Waals surface area contributed by atoms with Crippen LogP contribution in [0.3, 0.4) is 0 Å². The fraction of sp³-hybridized carbons (Fsp3) is 0.167. The van der Waals surface area contributed by atoms with Crippen LogP contribution in [0.15, 0.2) is 29.4 Å². The number of nitro benzene ring substituents is 1. The summed E-state index contributed by atoms with van der Waals surface area (Å²) >= 11 is 0. The topological polar surface area (TPSA) is 125 Å². The smallest absolute Gasteiger partial charge is 0.277 e. The molecule has 10 nitrogen and oxygen atoms in total. The number of hydrogen-bond acceptors (Lipinski definition) is 7. The number of amides is 1. The van der Waals surface area contributed by atoms with Crippen molar-refractivity contribution in [2.75, 3.05) is 14.2 Å². The van der Waals surface area contributed by atoms with Crippen molar-refractivity contribution >= 4 is 17.8 Å². The van der Waals surface area contributed by atoms with Crippen molar-refractivity contribution in [1.82, 2.24) is 20.4 Å². The molecule has 1 amide bonds. The maximum absolute atomic E-state index is 11.6. The molecule has 0 aliphatic rings. The third kappa shape index (κ3) is 3.06. The quantitative estimate of drug-likeness (QED) is 0.485. The number of nitro groups is 1. The molecule has 0 saturated heterocycles. The molecular formula is C12H12N6O4. The van der Waals surface area contributed by atoms with E-state index in [0.717, 1.165) is 4.79 Å². The summed E-state index contributed by atoms with van der Waals surface area (Å²) in [5, 5.41) is 24.3. The lowest BCUT2D eigenvalue weighted by Gasteiger charge is -2.00. The normalized spacial score (nSPS) is 10.6. The van der Waals surface area contributed by atoms with E-state index in [2.05, 4.69) is 20.7 Å². The third-order valence-corrected chi connectivity index (χ3v) is 2.67. The number of ether oxygens (including phenoxy) is 1. The molecule has 2 rings (SSSR count). The van der Waals surface area contributed by atoms with Crippen LogP contribution in [-0.4, -0.2) is 46.3 Å². The molecule has 1 heterocycles. The summed E-state index contributed by atoms with van der Waals surface area (Å²) in [5.74, 6) is -0.369. The summed E-state index contributed by atoms with van der Waals surface area (Å²) in [6, 6.07) is 5.78. The van der Waals surface area contributed by atoms with Crippen molar-refractivity contribution in [2.45, 2.75) is 0 Å². The molecule has 0 atom stereocenters. The minimum atomic E-state index is -0.489. The highest BCUT2D eigenvalue weighted by Crippen LogP contribution is 2.15. The second-order valence-corrected chi connectivity index (χ2v) is 4.01. The van der Waals surface area contributed by atoms with Crippen LogP contribution >= 0.6 is 0 Å². The average Bonchev–Trinajstić information content (AvgIpc) is 2.95. The summed E-state index contributed by atoms with van der Waals surface area (Å²) in [7, 11) is 2.82. The zero-order valence-electron chi connectivity index (χ0n) is 11.8. The molecule has 1 aromatic heterocycles. The molecule has 22 heavy (non-hydrogen) atoms. The van der Waals surface area contributed by atoms with E-state index >= 15 is 0 Å². The zero-order chi connectivity index (χ0) is 16.1. The van der Waals surface area contributed by atoms with Gasteiger partial charge in [0.2, 0.25) is 5.69 Å². The fourth-order valence-corrected chi connectivity index (χ4v) is 1.58. The standard InChI is InChI=1S/C12H12N6O4/c1-13-11(19)10-12(22-2)17(16-15-10)14-7-8-3-5-9(6-4-8)18(20)21/h3-7H,1-2H3,(H,13,19)/b14-7-. The number of methoxy groups -OCH3 is 1. The van der Waals surface area contributed by atoms with Crippen LogP contribution in [0.4, 0.5) is 5.69 Å². The number of carbonyl (C=O) groups is 1. The molecule has 0 aliphatic heterocycles. The van der Waals surface area contributed by atoms with Crippen LogP contribution in [0.1, 0.15) is 16.1 Å². The largest absolute Gasteiger partial charge is 0.478 e. The van der Waals surface area contributed by atoms with Gasteiger partial charge < -0.3 is 10.1 Å². The Morgan fingerprint density at radius 1 is 1.45 bits per heavy atom. The number of benzene rings is 1. The van der Waals surface area contributed by atoms with Crippen molar-refractivity contribution in [3.05, 3.63) is 45.6 Å². The molecule has 2 aromatic rings. The van der Waals surface area contributed by atoms with E-state index in [1.807, 2.05) is 0 Å². The maximum Gasteiger partial charge on any atom is 0.277 e. The number of nitrogens with zero attached hydrogens (tertiary/aromatic N) is 5. The molecular weight excluding hydrogens is 292 g/mol. The molecule has 0 fully saturated rings. The van der Waals surface area contributed by atoms with E-state index in [4.69, 9.17) is 4.74 Å². The minimum absolute atomic E-state index is 0.00542. The van der Waals surface area contributed by atoms with E-state index in [-0.39, 0.29) is 17.3 Å². The molecule has 1 N–H and O–H groups in total. The molecule has 0 bridgehead atoms. The van der Waals surface area contributed by atoms with Crippen molar-refractivity contribution in [2.24, 2.45) is 5.10 Å². The predicted octanol–water partition coefficient (Wildman–Crippen LogP) is 0.437. The van der Waals surface area contributed by atoms with Crippen LogP contribution < -0.4 is 10.1 Å². The van der Waals surface area contributed by atoms with Gasteiger partial charge in [0, 0.05) is 19.2 Å². The van der Waals surface area contributed by atoms with Crippen molar-refractivity contribution in [3.8, 4) is 5.88 Å². The first-order valence-corrected chi connectivity index (χ1v) is 6.07. The van der Waals surface area contributed by atoms with Gasteiger partial charge in [0.25, 0.3) is 17.5 Å². The second kappa shape index (κ2) is 6.43. The Kier molecular flexibility index (Phi) is 4.41. The van der Waals surface area contributed by atoms with Crippen molar-refractivity contribution in [3.63, 3.8) is 0 Å². The predicted molar refractivity (Wildman–Crippen MR) is 76.1 cm³/mol. The molecule has 0 aliphatic carbocycles. The number of carbonyl (C=O) groups excluding carboxylic acids is 1. The number of non-ortho nitro benzene ring substituents is 1. The van der Waals surface area contributed by atoms with E-state index in [1.54, 1.807) is 0 Å². The lowest BCUT2D eigenvalue weighted by Crippen LogP contribution is -2.19. The van der Waals surface area contributed by atoms with Gasteiger partial charge in [0.15, 0.2) is 0 Å². The van der Waals surface area contributed by atoms with Gasteiger partial charge in [-0.1, -0.05) is 4.79 Å². The average molecular weight is 304 g/mol. The number of nitrogens with one attached hydrogen (secondary N) is 1. The van der Waals surface area contributed by atoms with Gasteiger partial charge in [-0.25, -0.2) is 0 Å². The Labute approximate surface area is 124 Å². The minimum Gasteiger partial charge on any atom is -0.478 e. The SMILES string of the molecule is CNC(=O)c1nnn(/N=C\c2ccc([N+](=O)[O-])cc2)c1OC. The van der Waals surface area contributed by atoms with E-state index in [1.165, 1.54) is 44.6 Å². The molecule has 0 saturated carbocycles. The summed E-state index contributed by atoms with van der Waals surface area (Å²) in [6.45, 7) is 0. The monoisotopic (exact) mass is 304 g/mol. The van der Waals surface area contributed by atoms with Gasteiger partial charge in [-0.15, -0.1) is 5.10 Å². The highest BCUT2D eigenvalue weighted by Gasteiger charge is 2.19. The van der Waals surface area contributed by atoms with Crippen LogP contribution in [-0.2, 0) is 0 Å². The summed E-state index contributed by atoms with van der Waals surface area (Å²) < 4.78 is 5.05. The summed E-state index contributed by atoms with van der Waals surface area (Å²) in [5.41, 5.74) is 0.605. The Bertz CT molecular complexity index is 722. The van der Waals surface area contributed by atoms with Crippen molar-refractivity contribution in [1.29, 1.82) is 0 Å². The van der Waals surface area contributed by atoms with Gasteiger partial charge in [-0.3, -0.25) is 14.9 Å². The summed E-state index contributed by atoms with van der Waals surface area (Å²) in [6.07, 6.45) is 1.41. The number of aromatic nitrogens is 3. The van der Waals surface area contributed by atoms with Gasteiger partial charge >= 0.3 is 0 Å². The van der Waals surface area contributed by atoms with Crippen LogP contribution in [0.2, 0.25) is 0 Å². The fourth-order valence-electron chi connectivity index (χ4n) is 1.58. The molecule has 0 radical (unpaired) electrons. The number of hydrogen-bond donors (Lipinski definition) is 1. The Morgan fingerprint density at radius 3 is 2.68 bits per heavy atom. The first-order chi connectivity index (χ1) is 10.6. The highest BCUT2D eigenvalue weighted by atomic mass is 16.6. The van der Waals surface area contributed by atoms with E-state index < -0.39 is 10.8 Å². The number of rotatable bonds is 5. The molecule has 1 aromatic carbocycles. The summed E-state index contributed by atoms with van der Waals surface area (Å²) in [4.78, 5) is 22.7. The molecule has 114 valence electrons. The highest BCUT2D eigenvalue weighted by molar-refractivity contribution is 5.94. The van der Waals surface area contributed by atoms with Gasteiger partial charge in [-0.05, 0) is 22.9 Å². The van der Waals surface area contributed by atoms with Gasteiger partial charge in [0.05, 0.1) is 18.2 Å². The Morgan fingerprint density at radius 2 is 2.14 bits per heavy atom. The lowest BCUT2D eigenvalue weighted by molar-refractivity contribution is -0.384. The molecule has 10 heteroatoms. The van der Waals surface area contributed by atoms with Gasteiger partial charge in [-0.2, -0.15) is 5.10 Å². The Balaban J connectivity index is 2.24. The van der Waals surface area contributed by atoms with E-state index in [0.29, 0.717) is 5.56 Å². The van der Waals surface area contributed by atoms with Crippen LogP contribution in [0.25, 0.3) is 0 Å². The van der Waals surface area contributed by atoms with Crippen molar-refractivity contribution < 1.29 is 14.5 Å². The molecule has 0 spiro atoms. The maximum atomic E-state index is 11.6. The first-order valence-electron chi connectivity index (χ1n) is 6.07. The third-order valence-electron chi connectivity index (χ3n) is 2.67. The van der Waals surface area contributed by atoms with Crippen LogP contribution in [0.5, 0.6) is 5.88 Å². The van der Waals surface area contributed by atoms with Gasteiger partial charge in [0.1, 0.15) is 0 Å². The first kappa shape index (κ1) is 15.1.